The van der Waals surface area contributed by atoms with Crippen molar-refractivity contribution in [3.05, 3.63) is 29.8 Å². The van der Waals surface area contributed by atoms with Gasteiger partial charge in [-0.05, 0) is 25.5 Å². The van der Waals surface area contributed by atoms with Crippen LogP contribution in [0.3, 0.4) is 0 Å². The number of hydrogen-bond donors (Lipinski definition) is 0. The van der Waals surface area contributed by atoms with E-state index in [0.29, 0.717) is 0 Å². The van der Waals surface area contributed by atoms with E-state index in [1.807, 2.05) is 32.0 Å². The first-order valence-corrected chi connectivity index (χ1v) is 6.09. The van der Waals surface area contributed by atoms with Crippen LogP contribution < -0.4 is 0 Å². The van der Waals surface area contributed by atoms with Gasteiger partial charge in [0.15, 0.2) is 0 Å². The van der Waals surface area contributed by atoms with Crippen molar-refractivity contribution in [2.75, 3.05) is 5.75 Å². The molecular weight excluding hydrogens is 208 g/mol. The molecule has 0 aromatic heterocycles. The van der Waals surface area contributed by atoms with E-state index in [9.17, 15) is 4.79 Å². The molecule has 0 radical (unpaired) electrons. The van der Waals surface area contributed by atoms with Crippen LogP contribution in [0, 0.1) is 0 Å². The Morgan fingerprint density at radius 2 is 2.20 bits per heavy atom. The van der Waals surface area contributed by atoms with Crippen molar-refractivity contribution in [2.45, 2.75) is 30.8 Å². The fourth-order valence-corrected chi connectivity index (χ4v) is 2.89. The zero-order valence-electron chi connectivity index (χ0n) is 8.90. The highest BCUT2D eigenvalue weighted by Crippen LogP contribution is 2.39. The van der Waals surface area contributed by atoms with Gasteiger partial charge in [0.1, 0.15) is 0 Å². The molecule has 1 aromatic rings. The van der Waals surface area contributed by atoms with Crippen LogP contribution in [0.2, 0.25) is 0 Å². The van der Waals surface area contributed by atoms with Crippen LogP contribution in [0.5, 0.6) is 0 Å². The number of carbonyl (C=O) groups is 1. The normalized spacial score (nSPS) is 19.0. The van der Waals surface area contributed by atoms with Crippen LogP contribution in [0.15, 0.2) is 29.2 Å². The number of benzene rings is 1. The van der Waals surface area contributed by atoms with Gasteiger partial charge in [-0.1, -0.05) is 18.2 Å². The maximum atomic E-state index is 11.8. The van der Waals surface area contributed by atoms with Crippen LogP contribution in [-0.2, 0) is 9.53 Å². The smallest absolute Gasteiger partial charge is 0.314 e. The highest BCUT2D eigenvalue weighted by molar-refractivity contribution is 7.99. The number of rotatable bonds is 2. The monoisotopic (exact) mass is 222 g/mol. The summed E-state index contributed by atoms with van der Waals surface area (Å²) in [6.07, 6.45) is -0.0322. The van der Waals surface area contributed by atoms with Crippen LogP contribution in [0.25, 0.3) is 0 Å². The average molecular weight is 222 g/mol. The lowest BCUT2D eigenvalue weighted by Gasteiger charge is -2.13. The van der Waals surface area contributed by atoms with Gasteiger partial charge < -0.3 is 4.74 Å². The molecule has 1 atom stereocenters. The van der Waals surface area contributed by atoms with Gasteiger partial charge in [0.25, 0.3) is 0 Å². The van der Waals surface area contributed by atoms with Gasteiger partial charge in [-0.3, -0.25) is 4.79 Å². The number of thioether (sulfide) groups is 1. The molecule has 0 aliphatic carbocycles. The number of fused-ring (bicyclic) bond motifs is 1. The maximum Gasteiger partial charge on any atom is 0.314 e. The summed E-state index contributed by atoms with van der Waals surface area (Å²) >= 11 is 1.73. The summed E-state index contributed by atoms with van der Waals surface area (Å²) in [5.41, 5.74) is 1.12. The van der Waals surface area contributed by atoms with E-state index in [1.165, 1.54) is 4.90 Å². The van der Waals surface area contributed by atoms with Crippen molar-refractivity contribution in [1.29, 1.82) is 0 Å². The molecule has 1 aliphatic heterocycles. The second kappa shape index (κ2) is 4.27. The predicted molar refractivity (Wildman–Crippen MR) is 61.1 cm³/mol. The Labute approximate surface area is 94.0 Å². The Kier molecular flexibility index (Phi) is 3.00. The Bertz CT molecular complexity index is 374. The molecule has 2 nitrogen and oxygen atoms in total. The standard InChI is InChI=1S/C12H14O2S/c1-8(2)14-12(13)10-7-15-11-6-4-3-5-9(10)11/h3-6,8,10H,7H2,1-2H3. The Balaban J connectivity index is 2.17. The molecule has 80 valence electrons. The summed E-state index contributed by atoms with van der Waals surface area (Å²) < 4.78 is 5.24. The number of esters is 1. The third kappa shape index (κ3) is 2.17. The van der Waals surface area contributed by atoms with Crippen LogP contribution >= 0.6 is 11.8 Å². The molecular formula is C12H14O2S. The lowest BCUT2D eigenvalue weighted by Crippen LogP contribution is -2.19. The predicted octanol–water partition coefficient (Wildman–Crippen LogP) is 2.83. The summed E-state index contributed by atoms with van der Waals surface area (Å²) in [5.74, 6) is 0.640. The van der Waals surface area contributed by atoms with Crippen molar-refractivity contribution in [1.82, 2.24) is 0 Å². The fraction of sp³-hybridized carbons (Fsp3) is 0.417. The van der Waals surface area contributed by atoms with Crippen LogP contribution in [-0.4, -0.2) is 17.8 Å². The molecule has 1 unspecified atom stereocenters. The first-order chi connectivity index (χ1) is 7.18. The van der Waals surface area contributed by atoms with Gasteiger partial charge in [0.05, 0.1) is 12.0 Å². The van der Waals surface area contributed by atoms with E-state index >= 15 is 0 Å². The molecule has 0 amide bonds. The molecule has 0 spiro atoms. The molecule has 3 heteroatoms. The van der Waals surface area contributed by atoms with Crippen molar-refractivity contribution in [3.8, 4) is 0 Å². The van der Waals surface area contributed by atoms with Crippen molar-refractivity contribution < 1.29 is 9.53 Å². The van der Waals surface area contributed by atoms with Crippen molar-refractivity contribution in [2.24, 2.45) is 0 Å². The topological polar surface area (TPSA) is 26.3 Å². The second-order valence-corrected chi connectivity index (χ2v) is 4.95. The molecule has 1 heterocycles. The molecule has 0 N–H and O–H groups in total. The van der Waals surface area contributed by atoms with E-state index in [0.717, 1.165) is 11.3 Å². The highest BCUT2D eigenvalue weighted by atomic mass is 32.2. The molecule has 0 saturated carbocycles. The van der Waals surface area contributed by atoms with Crippen LogP contribution in [0.4, 0.5) is 0 Å². The zero-order chi connectivity index (χ0) is 10.8. The number of hydrogen-bond acceptors (Lipinski definition) is 3. The van der Waals surface area contributed by atoms with E-state index in [1.54, 1.807) is 11.8 Å². The van der Waals surface area contributed by atoms with Gasteiger partial charge in [0.2, 0.25) is 0 Å². The Hall–Kier alpha value is -0.960. The molecule has 0 fully saturated rings. The summed E-state index contributed by atoms with van der Waals surface area (Å²) in [5, 5.41) is 0. The minimum Gasteiger partial charge on any atom is -0.462 e. The summed E-state index contributed by atoms with van der Waals surface area (Å²) in [6.45, 7) is 3.76. The van der Waals surface area contributed by atoms with Crippen molar-refractivity contribution >= 4 is 17.7 Å². The minimum absolute atomic E-state index is 0.0322. The van der Waals surface area contributed by atoms with Gasteiger partial charge >= 0.3 is 5.97 Å². The van der Waals surface area contributed by atoms with E-state index in [-0.39, 0.29) is 18.0 Å². The van der Waals surface area contributed by atoms with Crippen molar-refractivity contribution in [3.63, 3.8) is 0 Å². The SMILES string of the molecule is CC(C)OC(=O)C1CSc2ccccc21. The number of carbonyl (C=O) groups excluding carboxylic acids is 1. The molecule has 15 heavy (non-hydrogen) atoms. The first kappa shape index (κ1) is 10.6. The quantitative estimate of drug-likeness (QED) is 0.720. The lowest BCUT2D eigenvalue weighted by molar-refractivity contribution is -0.148. The molecule has 2 rings (SSSR count). The zero-order valence-corrected chi connectivity index (χ0v) is 9.71. The van der Waals surface area contributed by atoms with E-state index in [2.05, 4.69) is 6.07 Å². The minimum atomic E-state index is -0.0950. The van der Waals surface area contributed by atoms with Gasteiger partial charge in [0, 0.05) is 10.6 Å². The van der Waals surface area contributed by atoms with E-state index < -0.39 is 0 Å². The lowest BCUT2D eigenvalue weighted by atomic mass is 10.0. The molecule has 1 aromatic carbocycles. The van der Waals surface area contributed by atoms with E-state index in [4.69, 9.17) is 4.74 Å². The molecule has 0 bridgehead atoms. The summed E-state index contributed by atoms with van der Waals surface area (Å²) in [7, 11) is 0. The van der Waals surface area contributed by atoms with Gasteiger partial charge in [-0.2, -0.15) is 0 Å². The average Bonchev–Trinajstić information content (AvgIpc) is 2.59. The summed E-state index contributed by atoms with van der Waals surface area (Å²) in [6, 6.07) is 8.05. The van der Waals surface area contributed by atoms with Gasteiger partial charge in [-0.25, -0.2) is 0 Å². The summed E-state index contributed by atoms with van der Waals surface area (Å²) in [4.78, 5) is 13.0. The maximum absolute atomic E-state index is 11.8. The largest absolute Gasteiger partial charge is 0.462 e. The Morgan fingerprint density at radius 1 is 1.47 bits per heavy atom. The third-order valence-corrected chi connectivity index (χ3v) is 3.52. The first-order valence-electron chi connectivity index (χ1n) is 5.10. The second-order valence-electron chi connectivity index (χ2n) is 3.89. The van der Waals surface area contributed by atoms with Gasteiger partial charge in [-0.15, -0.1) is 11.8 Å². The highest BCUT2D eigenvalue weighted by Gasteiger charge is 2.30. The molecule has 0 saturated heterocycles. The Morgan fingerprint density at radius 3 is 2.93 bits per heavy atom. The third-order valence-electron chi connectivity index (χ3n) is 2.34. The molecule has 1 aliphatic rings. The fourth-order valence-electron chi connectivity index (χ4n) is 1.67. The number of ether oxygens (including phenoxy) is 1. The van der Waals surface area contributed by atoms with Crippen LogP contribution in [0.1, 0.15) is 25.3 Å².